The van der Waals surface area contributed by atoms with Crippen molar-refractivity contribution in [1.29, 1.82) is 0 Å². The third-order valence-corrected chi connectivity index (χ3v) is 4.30. The Morgan fingerprint density at radius 2 is 1.78 bits per heavy atom. The van der Waals surface area contributed by atoms with Gasteiger partial charge in [0.15, 0.2) is 0 Å². The van der Waals surface area contributed by atoms with Gasteiger partial charge in [0.05, 0.1) is 13.2 Å². The van der Waals surface area contributed by atoms with Crippen molar-refractivity contribution in [3.8, 4) is 0 Å². The molecule has 0 amide bonds. The molecule has 0 fully saturated rings. The molecule has 4 heteroatoms. The van der Waals surface area contributed by atoms with Crippen molar-refractivity contribution in [2.75, 3.05) is 6.61 Å². The molecule has 1 N–H and O–H groups in total. The van der Waals surface area contributed by atoms with Crippen molar-refractivity contribution in [2.45, 2.75) is 52.9 Å². The largest absolute Gasteiger partial charge is 0.395 e. The van der Waals surface area contributed by atoms with E-state index in [4.69, 9.17) is 0 Å². The Labute approximate surface area is 139 Å². The standard InChI is InChI=1S/C19H29N3O/c1-15(2)18(14-23)21(12-17-8-6-5-7-9-17)13-19-20-10-11-22(19)16(3)4/h5-11,15-16,18,23H,12-14H2,1-4H3. The summed E-state index contributed by atoms with van der Waals surface area (Å²) in [4.78, 5) is 6.87. The molecule has 4 nitrogen and oxygen atoms in total. The Balaban J connectivity index is 2.24. The highest BCUT2D eigenvalue weighted by molar-refractivity contribution is 5.15. The van der Waals surface area contributed by atoms with Gasteiger partial charge in [0, 0.05) is 31.0 Å². The predicted molar refractivity (Wildman–Crippen MR) is 94.0 cm³/mol. The summed E-state index contributed by atoms with van der Waals surface area (Å²) in [5.41, 5.74) is 1.26. The molecule has 1 heterocycles. The third-order valence-electron chi connectivity index (χ3n) is 4.30. The lowest BCUT2D eigenvalue weighted by molar-refractivity contribution is 0.0751. The van der Waals surface area contributed by atoms with Crippen molar-refractivity contribution in [3.63, 3.8) is 0 Å². The zero-order chi connectivity index (χ0) is 16.8. The van der Waals surface area contributed by atoms with E-state index < -0.39 is 0 Å². The zero-order valence-corrected chi connectivity index (χ0v) is 14.7. The molecule has 1 atom stereocenters. The van der Waals surface area contributed by atoms with E-state index in [2.05, 4.69) is 66.4 Å². The summed E-state index contributed by atoms with van der Waals surface area (Å²) in [6, 6.07) is 10.9. The number of aromatic nitrogens is 2. The summed E-state index contributed by atoms with van der Waals surface area (Å²) in [5, 5.41) is 9.88. The maximum absolute atomic E-state index is 9.88. The van der Waals surface area contributed by atoms with Crippen LogP contribution in [0.15, 0.2) is 42.7 Å². The van der Waals surface area contributed by atoms with Crippen molar-refractivity contribution in [3.05, 3.63) is 54.1 Å². The molecule has 2 aromatic rings. The molecule has 0 spiro atoms. The molecule has 1 aromatic heterocycles. The molecule has 0 saturated heterocycles. The number of nitrogens with zero attached hydrogens (tertiary/aromatic N) is 3. The van der Waals surface area contributed by atoms with Crippen molar-refractivity contribution >= 4 is 0 Å². The number of imidazole rings is 1. The van der Waals surface area contributed by atoms with E-state index in [0.717, 1.165) is 18.9 Å². The number of aliphatic hydroxyl groups is 1. The van der Waals surface area contributed by atoms with Gasteiger partial charge >= 0.3 is 0 Å². The second-order valence-corrected chi connectivity index (χ2v) is 6.73. The Hall–Kier alpha value is -1.65. The Kier molecular flexibility index (Phi) is 6.37. The minimum Gasteiger partial charge on any atom is -0.395 e. The molecule has 0 aliphatic heterocycles. The van der Waals surface area contributed by atoms with Crippen LogP contribution in [-0.2, 0) is 13.1 Å². The number of aliphatic hydroxyl groups excluding tert-OH is 1. The Morgan fingerprint density at radius 1 is 1.09 bits per heavy atom. The first-order valence-corrected chi connectivity index (χ1v) is 8.43. The predicted octanol–water partition coefficient (Wildman–Crippen LogP) is 3.48. The quantitative estimate of drug-likeness (QED) is 0.811. The summed E-state index contributed by atoms with van der Waals surface area (Å²) in [5.74, 6) is 1.43. The molecule has 0 bridgehead atoms. The molecular weight excluding hydrogens is 286 g/mol. The molecule has 0 aliphatic carbocycles. The van der Waals surface area contributed by atoms with Crippen molar-refractivity contribution in [2.24, 2.45) is 5.92 Å². The zero-order valence-electron chi connectivity index (χ0n) is 14.7. The first kappa shape index (κ1) is 17.7. The van der Waals surface area contributed by atoms with E-state index in [1.54, 1.807) is 0 Å². The lowest BCUT2D eigenvalue weighted by Crippen LogP contribution is -2.41. The van der Waals surface area contributed by atoms with E-state index in [1.165, 1.54) is 5.56 Å². The fourth-order valence-electron chi connectivity index (χ4n) is 2.97. The molecule has 23 heavy (non-hydrogen) atoms. The molecule has 1 aromatic carbocycles. The van der Waals surface area contributed by atoms with Gasteiger partial charge in [-0.3, -0.25) is 4.90 Å². The second-order valence-electron chi connectivity index (χ2n) is 6.73. The van der Waals surface area contributed by atoms with Crippen molar-refractivity contribution in [1.82, 2.24) is 14.5 Å². The lowest BCUT2D eigenvalue weighted by Gasteiger charge is -2.33. The van der Waals surface area contributed by atoms with Gasteiger partial charge in [-0.05, 0) is 25.3 Å². The molecule has 0 saturated carbocycles. The highest BCUT2D eigenvalue weighted by atomic mass is 16.3. The molecule has 126 valence electrons. The summed E-state index contributed by atoms with van der Waals surface area (Å²) in [6.07, 6.45) is 3.89. The van der Waals surface area contributed by atoms with Crippen LogP contribution in [0.25, 0.3) is 0 Å². The smallest absolute Gasteiger partial charge is 0.123 e. The van der Waals surface area contributed by atoms with Gasteiger partial charge < -0.3 is 9.67 Å². The van der Waals surface area contributed by atoms with Crippen LogP contribution >= 0.6 is 0 Å². The lowest BCUT2D eigenvalue weighted by atomic mass is 10.0. The van der Waals surface area contributed by atoms with E-state index in [0.29, 0.717) is 12.0 Å². The fraction of sp³-hybridized carbons (Fsp3) is 0.526. The van der Waals surface area contributed by atoms with Gasteiger partial charge in [0.25, 0.3) is 0 Å². The van der Waals surface area contributed by atoms with E-state index in [-0.39, 0.29) is 12.6 Å². The minimum atomic E-state index is 0.118. The van der Waals surface area contributed by atoms with Crippen LogP contribution in [-0.4, -0.2) is 32.2 Å². The average Bonchev–Trinajstić information content (AvgIpc) is 2.97. The highest BCUT2D eigenvalue weighted by Gasteiger charge is 2.23. The Bertz CT molecular complexity index is 577. The minimum absolute atomic E-state index is 0.118. The Morgan fingerprint density at radius 3 is 2.35 bits per heavy atom. The third kappa shape index (κ3) is 4.66. The number of hydrogen-bond donors (Lipinski definition) is 1. The number of benzene rings is 1. The molecule has 2 rings (SSSR count). The van der Waals surface area contributed by atoms with Crippen LogP contribution in [0.1, 0.15) is 45.1 Å². The van der Waals surface area contributed by atoms with Crippen LogP contribution in [0.5, 0.6) is 0 Å². The van der Waals surface area contributed by atoms with Gasteiger partial charge in [0.2, 0.25) is 0 Å². The van der Waals surface area contributed by atoms with Crippen LogP contribution in [0.2, 0.25) is 0 Å². The number of hydrogen-bond acceptors (Lipinski definition) is 3. The van der Waals surface area contributed by atoms with E-state index >= 15 is 0 Å². The van der Waals surface area contributed by atoms with Crippen LogP contribution < -0.4 is 0 Å². The number of rotatable bonds is 8. The van der Waals surface area contributed by atoms with Crippen LogP contribution in [0.3, 0.4) is 0 Å². The summed E-state index contributed by atoms with van der Waals surface area (Å²) in [6.45, 7) is 10.4. The van der Waals surface area contributed by atoms with E-state index in [1.807, 2.05) is 18.5 Å². The van der Waals surface area contributed by atoms with Gasteiger partial charge in [-0.15, -0.1) is 0 Å². The van der Waals surface area contributed by atoms with Crippen LogP contribution in [0, 0.1) is 5.92 Å². The summed E-state index contributed by atoms with van der Waals surface area (Å²) >= 11 is 0. The molecule has 1 unspecified atom stereocenters. The molecule has 0 radical (unpaired) electrons. The SMILES string of the molecule is CC(C)C(CO)N(Cc1ccccc1)Cc1nccn1C(C)C. The maximum Gasteiger partial charge on any atom is 0.123 e. The molecular formula is C19H29N3O. The monoisotopic (exact) mass is 315 g/mol. The van der Waals surface area contributed by atoms with Crippen molar-refractivity contribution < 1.29 is 5.11 Å². The van der Waals surface area contributed by atoms with Gasteiger partial charge in [-0.2, -0.15) is 0 Å². The van der Waals surface area contributed by atoms with Gasteiger partial charge in [-0.25, -0.2) is 4.98 Å². The second kappa shape index (κ2) is 8.27. The highest BCUT2D eigenvalue weighted by Crippen LogP contribution is 2.19. The van der Waals surface area contributed by atoms with E-state index in [9.17, 15) is 5.11 Å². The van der Waals surface area contributed by atoms with Crippen LogP contribution in [0.4, 0.5) is 0 Å². The average molecular weight is 315 g/mol. The normalized spacial score (nSPS) is 13.2. The van der Waals surface area contributed by atoms with Gasteiger partial charge in [0.1, 0.15) is 5.82 Å². The summed E-state index contributed by atoms with van der Waals surface area (Å²) < 4.78 is 2.20. The first-order chi connectivity index (χ1) is 11.0. The van der Waals surface area contributed by atoms with Gasteiger partial charge in [-0.1, -0.05) is 44.2 Å². The maximum atomic E-state index is 9.88. The first-order valence-electron chi connectivity index (χ1n) is 8.43. The molecule has 0 aliphatic rings. The summed E-state index contributed by atoms with van der Waals surface area (Å²) in [7, 11) is 0. The fourth-order valence-corrected chi connectivity index (χ4v) is 2.97. The topological polar surface area (TPSA) is 41.3 Å².